The number of rotatable bonds is 2. The minimum Gasteiger partial charge on any atom is -0.304 e. The number of aryl methyl sites for hydroxylation is 2. The lowest BCUT2D eigenvalue weighted by atomic mass is 9.94. The van der Waals surface area contributed by atoms with Crippen LogP contribution in [-0.2, 0) is 12.8 Å². The summed E-state index contributed by atoms with van der Waals surface area (Å²) in [5.41, 5.74) is 5.86. The van der Waals surface area contributed by atoms with Crippen LogP contribution >= 0.6 is 0 Å². The molecule has 0 atom stereocenters. The Labute approximate surface area is 115 Å². The Hall–Kier alpha value is -1.60. The van der Waals surface area contributed by atoms with Gasteiger partial charge in [0.25, 0.3) is 0 Å². The van der Waals surface area contributed by atoms with Crippen LogP contribution < -0.4 is 5.32 Å². The predicted octanol–water partition coefficient (Wildman–Crippen LogP) is 3.87. The van der Waals surface area contributed by atoms with Gasteiger partial charge in [-0.2, -0.15) is 0 Å². The lowest BCUT2D eigenvalue weighted by Gasteiger charge is -2.24. The van der Waals surface area contributed by atoms with E-state index in [0.717, 1.165) is 12.8 Å². The van der Waals surface area contributed by atoms with E-state index in [0.29, 0.717) is 12.1 Å². The van der Waals surface area contributed by atoms with Gasteiger partial charge in [-0.05, 0) is 48.9 Å². The van der Waals surface area contributed by atoms with Gasteiger partial charge in [-0.15, -0.1) is 0 Å². The van der Waals surface area contributed by atoms with Crippen molar-refractivity contribution in [1.29, 1.82) is 0 Å². The largest absolute Gasteiger partial charge is 0.304 e. The summed E-state index contributed by atoms with van der Waals surface area (Å²) in [6.07, 6.45) is 2.28. The Morgan fingerprint density at radius 3 is 1.79 bits per heavy atom. The first kappa shape index (κ1) is 12.4. The quantitative estimate of drug-likeness (QED) is 0.854. The number of benzene rings is 2. The summed E-state index contributed by atoms with van der Waals surface area (Å²) in [6.45, 7) is 4.44. The minimum absolute atomic E-state index is 0.329. The molecule has 0 amide bonds. The van der Waals surface area contributed by atoms with Gasteiger partial charge < -0.3 is 5.32 Å². The maximum Gasteiger partial charge on any atom is 0.0584 e. The third kappa shape index (κ3) is 2.43. The molecular weight excluding hydrogens is 230 g/mol. The highest BCUT2D eigenvalue weighted by atomic mass is 14.9. The first-order valence-corrected chi connectivity index (χ1v) is 7.17. The Kier molecular flexibility index (Phi) is 3.39. The van der Waals surface area contributed by atoms with Crippen LogP contribution in [0.5, 0.6) is 0 Å². The molecule has 1 heteroatoms. The average molecular weight is 251 g/mol. The Morgan fingerprint density at radius 1 is 0.842 bits per heavy atom. The summed E-state index contributed by atoms with van der Waals surface area (Å²) < 4.78 is 0. The number of hydrogen-bond donors (Lipinski definition) is 1. The normalized spacial score (nSPS) is 14.9. The zero-order valence-corrected chi connectivity index (χ0v) is 11.7. The van der Waals surface area contributed by atoms with Gasteiger partial charge in [-0.3, -0.25) is 0 Å². The first-order chi connectivity index (χ1) is 9.25. The molecule has 19 heavy (non-hydrogen) atoms. The standard InChI is InChI=1S/C18H21N/c1-13(2)19-18-16-9-5-3-7-14(16)11-12-15-8-4-6-10-17(15)18/h3-10,13,18-19H,11-12H2,1-2H3. The summed E-state index contributed by atoms with van der Waals surface area (Å²) in [4.78, 5) is 0. The van der Waals surface area contributed by atoms with Crippen molar-refractivity contribution in [3.8, 4) is 0 Å². The first-order valence-electron chi connectivity index (χ1n) is 7.17. The van der Waals surface area contributed by atoms with E-state index in [2.05, 4.69) is 67.7 Å². The second kappa shape index (κ2) is 5.18. The van der Waals surface area contributed by atoms with Gasteiger partial charge in [-0.1, -0.05) is 48.5 Å². The number of fused-ring (bicyclic) bond motifs is 2. The van der Waals surface area contributed by atoms with Gasteiger partial charge in [0.05, 0.1) is 6.04 Å². The molecule has 0 fully saturated rings. The topological polar surface area (TPSA) is 12.0 Å². The highest BCUT2D eigenvalue weighted by Gasteiger charge is 2.23. The van der Waals surface area contributed by atoms with Gasteiger partial charge in [0.1, 0.15) is 0 Å². The number of nitrogens with one attached hydrogen (secondary N) is 1. The molecule has 1 aliphatic carbocycles. The van der Waals surface area contributed by atoms with Crippen LogP contribution in [0.4, 0.5) is 0 Å². The fraction of sp³-hybridized carbons (Fsp3) is 0.333. The summed E-state index contributed by atoms with van der Waals surface area (Å²) in [6, 6.07) is 18.5. The Bertz CT molecular complexity index is 524. The monoisotopic (exact) mass is 251 g/mol. The van der Waals surface area contributed by atoms with Crippen LogP contribution in [0.15, 0.2) is 48.5 Å². The molecule has 0 aliphatic heterocycles. The van der Waals surface area contributed by atoms with Gasteiger partial charge in [-0.25, -0.2) is 0 Å². The van der Waals surface area contributed by atoms with E-state index in [-0.39, 0.29) is 0 Å². The molecule has 1 aliphatic rings. The highest BCUT2D eigenvalue weighted by molar-refractivity contribution is 5.44. The van der Waals surface area contributed by atoms with Crippen LogP contribution in [0.2, 0.25) is 0 Å². The van der Waals surface area contributed by atoms with Crippen molar-refractivity contribution in [3.05, 3.63) is 70.8 Å². The summed E-state index contributed by atoms with van der Waals surface area (Å²) in [5, 5.41) is 3.73. The zero-order chi connectivity index (χ0) is 13.2. The van der Waals surface area contributed by atoms with E-state index in [9.17, 15) is 0 Å². The molecule has 1 nitrogen and oxygen atoms in total. The Morgan fingerprint density at radius 2 is 1.32 bits per heavy atom. The SMILES string of the molecule is CC(C)NC1c2ccccc2CCc2ccccc21. The van der Waals surface area contributed by atoms with Crippen molar-refractivity contribution in [2.45, 2.75) is 38.8 Å². The van der Waals surface area contributed by atoms with Gasteiger partial charge in [0, 0.05) is 6.04 Å². The van der Waals surface area contributed by atoms with Crippen LogP contribution in [0, 0.1) is 0 Å². The van der Waals surface area contributed by atoms with Crippen molar-refractivity contribution >= 4 is 0 Å². The average Bonchev–Trinajstić information content (AvgIpc) is 2.57. The van der Waals surface area contributed by atoms with E-state index < -0.39 is 0 Å². The highest BCUT2D eigenvalue weighted by Crippen LogP contribution is 2.32. The van der Waals surface area contributed by atoms with Crippen molar-refractivity contribution < 1.29 is 0 Å². The molecule has 0 saturated heterocycles. The summed E-state index contributed by atoms with van der Waals surface area (Å²) in [7, 11) is 0. The third-order valence-electron chi connectivity index (χ3n) is 3.90. The van der Waals surface area contributed by atoms with E-state index >= 15 is 0 Å². The van der Waals surface area contributed by atoms with Crippen LogP contribution in [0.3, 0.4) is 0 Å². The van der Waals surface area contributed by atoms with E-state index in [1.165, 1.54) is 22.3 Å². The lowest BCUT2D eigenvalue weighted by molar-refractivity contribution is 0.527. The van der Waals surface area contributed by atoms with Gasteiger partial charge >= 0.3 is 0 Å². The van der Waals surface area contributed by atoms with E-state index in [1.54, 1.807) is 0 Å². The molecule has 1 N–H and O–H groups in total. The summed E-state index contributed by atoms with van der Waals surface area (Å²) >= 11 is 0. The lowest BCUT2D eigenvalue weighted by Crippen LogP contribution is -2.29. The summed E-state index contributed by atoms with van der Waals surface area (Å²) in [5.74, 6) is 0. The smallest absolute Gasteiger partial charge is 0.0584 e. The second-order valence-corrected chi connectivity index (χ2v) is 5.65. The zero-order valence-electron chi connectivity index (χ0n) is 11.7. The van der Waals surface area contributed by atoms with E-state index in [4.69, 9.17) is 0 Å². The molecule has 0 unspecified atom stereocenters. The molecule has 0 aromatic heterocycles. The van der Waals surface area contributed by atoms with Crippen LogP contribution in [0.25, 0.3) is 0 Å². The minimum atomic E-state index is 0.329. The van der Waals surface area contributed by atoms with Crippen LogP contribution in [0.1, 0.15) is 42.1 Å². The van der Waals surface area contributed by atoms with Crippen molar-refractivity contribution in [2.24, 2.45) is 0 Å². The fourth-order valence-electron chi connectivity index (χ4n) is 3.04. The van der Waals surface area contributed by atoms with Crippen molar-refractivity contribution in [2.75, 3.05) is 0 Å². The van der Waals surface area contributed by atoms with Crippen molar-refractivity contribution in [3.63, 3.8) is 0 Å². The van der Waals surface area contributed by atoms with E-state index in [1.807, 2.05) is 0 Å². The predicted molar refractivity (Wildman–Crippen MR) is 80.4 cm³/mol. The molecular formula is C18H21N. The van der Waals surface area contributed by atoms with Gasteiger partial charge in [0.15, 0.2) is 0 Å². The molecule has 0 saturated carbocycles. The maximum absolute atomic E-state index is 3.73. The second-order valence-electron chi connectivity index (χ2n) is 5.65. The molecule has 2 aromatic rings. The molecule has 3 rings (SSSR count). The Balaban J connectivity index is 2.13. The molecule has 98 valence electrons. The van der Waals surface area contributed by atoms with Crippen LogP contribution in [-0.4, -0.2) is 6.04 Å². The molecule has 0 heterocycles. The molecule has 2 aromatic carbocycles. The molecule has 0 radical (unpaired) electrons. The fourth-order valence-corrected chi connectivity index (χ4v) is 3.04. The van der Waals surface area contributed by atoms with Crippen molar-refractivity contribution in [1.82, 2.24) is 5.32 Å². The molecule has 0 bridgehead atoms. The third-order valence-corrected chi connectivity index (χ3v) is 3.90. The number of hydrogen-bond acceptors (Lipinski definition) is 1. The molecule has 0 spiro atoms. The van der Waals surface area contributed by atoms with Gasteiger partial charge in [0.2, 0.25) is 0 Å². The maximum atomic E-state index is 3.73.